The third-order valence-corrected chi connectivity index (χ3v) is 4.77. The van der Waals surface area contributed by atoms with Crippen molar-refractivity contribution in [3.63, 3.8) is 0 Å². The van der Waals surface area contributed by atoms with Gasteiger partial charge in [-0.1, -0.05) is 6.07 Å². The summed E-state index contributed by atoms with van der Waals surface area (Å²) in [5.41, 5.74) is 1.83. The van der Waals surface area contributed by atoms with Crippen LogP contribution in [0.5, 0.6) is 0 Å². The normalized spacial score (nSPS) is 11.7. The Balaban J connectivity index is 3.56. The number of rotatable bonds is 1. The molecule has 1 rings (SSSR count). The van der Waals surface area contributed by atoms with E-state index in [0.29, 0.717) is 3.57 Å². The van der Waals surface area contributed by atoms with Crippen molar-refractivity contribution in [1.82, 2.24) is 0 Å². The minimum atomic E-state index is -3.61. The molecular formula is C8H8ClIO2S. The van der Waals surface area contributed by atoms with E-state index in [2.05, 4.69) is 0 Å². The average Bonchev–Trinajstić information content (AvgIpc) is 1.94. The lowest BCUT2D eigenvalue weighted by Crippen LogP contribution is -1.97. The van der Waals surface area contributed by atoms with Gasteiger partial charge in [0.25, 0.3) is 9.05 Å². The fourth-order valence-electron chi connectivity index (χ4n) is 1.09. The topological polar surface area (TPSA) is 34.1 Å². The highest BCUT2D eigenvalue weighted by molar-refractivity contribution is 14.1. The van der Waals surface area contributed by atoms with Crippen molar-refractivity contribution in [3.05, 3.63) is 26.8 Å². The van der Waals surface area contributed by atoms with E-state index in [0.717, 1.165) is 11.1 Å². The monoisotopic (exact) mass is 330 g/mol. The maximum Gasteiger partial charge on any atom is 0.262 e. The van der Waals surface area contributed by atoms with Crippen LogP contribution >= 0.6 is 33.3 Å². The number of aryl methyl sites for hydroxylation is 2. The molecule has 0 aromatic heterocycles. The Morgan fingerprint density at radius 1 is 1.31 bits per heavy atom. The molecule has 0 radical (unpaired) electrons. The van der Waals surface area contributed by atoms with Crippen LogP contribution in [0.3, 0.4) is 0 Å². The molecule has 0 heterocycles. The van der Waals surface area contributed by atoms with Crippen LogP contribution in [0.1, 0.15) is 11.1 Å². The Kier molecular flexibility index (Phi) is 3.24. The molecule has 0 saturated heterocycles. The molecule has 1 aromatic carbocycles. The van der Waals surface area contributed by atoms with Gasteiger partial charge in [-0.05, 0) is 53.6 Å². The first-order valence-corrected chi connectivity index (χ1v) is 6.92. The molecule has 13 heavy (non-hydrogen) atoms. The number of hydrogen-bond acceptors (Lipinski definition) is 2. The summed E-state index contributed by atoms with van der Waals surface area (Å²) in [4.78, 5) is 0.201. The molecule has 72 valence electrons. The average molecular weight is 331 g/mol. The van der Waals surface area contributed by atoms with Crippen LogP contribution in [0.15, 0.2) is 17.0 Å². The summed E-state index contributed by atoms with van der Waals surface area (Å²) in [7, 11) is 1.66. The maximum atomic E-state index is 11.1. The molecule has 0 N–H and O–H groups in total. The lowest BCUT2D eigenvalue weighted by Gasteiger charge is -2.05. The highest BCUT2D eigenvalue weighted by Gasteiger charge is 2.15. The van der Waals surface area contributed by atoms with Crippen LogP contribution < -0.4 is 0 Å². The summed E-state index contributed by atoms with van der Waals surface area (Å²) in [5, 5.41) is 0. The fourth-order valence-corrected chi connectivity index (χ4v) is 3.73. The van der Waals surface area contributed by atoms with E-state index in [4.69, 9.17) is 10.7 Å². The minimum Gasteiger partial charge on any atom is -0.207 e. The second-order valence-electron chi connectivity index (χ2n) is 2.83. The summed E-state index contributed by atoms with van der Waals surface area (Å²) in [6.45, 7) is 3.70. The first kappa shape index (κ1) is 11.3. The zero-order valence-corrected chi connectivity index (χ0v) is 10.9. The SMILES string of the molecule is Cc1cc(C)c(I)c(S(=O)(=O)Cl)c1. The predicted octanol–water partition coefficient (Wildman–Crippen LogP) is 2.84. The van der Waals surface area contributed by atoms with Gasteiger partial charge >= 0.3 is 0 Å². The Morgan fingerprint density at radius 2 is 1.85 bits per heavy atom. The van der Waals surface area contributed by atoms with Gasteiger partial charge in [-0.3, -0.25) is 0 Å². The molecule has 0 aliphatic rings. The Bertz CT molecular complexity index is 440. The van der Waals surface area contributed by atoms with Gasteiger partial charge in [0.2, 0.25) is 0 Å². The lowest BCUT2D eigenvalue weighted by atomic mass is 10.2. The van der Waals surface area contributed by atoms with Gasteiger partial charge in [-0.15, -0.1) is 0 Å². The molecule has 0 aliphatic heterocycles. The quantitative estimate of drug-likeness (QED) is 0.586. The Labute approximate surface area is 95.9 Å². The van der Waals surface area contributed by atoms with E-state index in [1.165, 1.54) is 0 Å². The van der Waals surface area contributed by atoms with Gasteiger partial charge in [0.05, 0.1) is 4.90 Å². The van der Waals surface area contributed by atoms with Gasteiger partial charge in [-0.25, -0.2) is 8.42 Å². The van der Waals surface area contributed by atoms with Crippen molar-refractivity contribution in [2.75, 3.05) is 0 Å². The summed E-state index contributed by atoms with van der Waals surface area (Å²) in [6, 6.07) is 3.50. The first-order chi connectivity index (χ1) is 5.82. The molecule has 5 heteroatoms. The van der Waals surface area contributed by atoms with Crippen LogP contribution in [0, 0.1) is 17.4 Å². The van der Waals surface area contributed by atoms with Crippen molar-refractivity contribution in [2.24, 2.45) is 0 Å². The molecule has 0 bridgehead atoms. The third kappa shape index (κ3) is 2.57. The highest BCUT2D eigenvalue weighted by Crippen LogP contribution is 2.25. The number of hydrogen-bond donors (Lipinski definition) is 0. The highest BCUT2D eigenvalue weighted by atomic mass is 127. The first-order valence-electron chi connectivity index (χ1n) is 3.54. The zero-order valence-electron chi connectivity index (χ0n) is 7.14. The van der Waals surface area contributed by atoms with E-state index in [9.17, 15) is 8.42 Å². The molecular weight excluding hydrogens is 323 g/mol. The number of benzene rings is 1. The van der Waals surface area contributed by atoms with E-state index < -0.39 is 9.05 Å². The molecule has 0 amide bonds. The van der Waals surface area contributed by atoms with Crippen LogP contribution in [0.2, 0.25) is 0 Å². The Morgan fingerprint density at radius 3 is 2.31 bits per heavy atom. The predicted molar refractivity (Wildman–Crippen MR) is 61.7 cm³/mol. The van der Waals surface area contributed by atoms with Crippen LogP contribution in [-0.2, 0) is 9.05 Å². The zero-order chi connectivity index (χ0) is 10.2. The van der Waals surface area contributed by atoms with Crippen molar-refractivity contribution in [2.45, 2.75) is 18.7 Å². The van der Waals surface area contributed by atoms with Gasteiger partial charge in [0, 0.05) is 14.3 Å². The van der Waals surface area contributed by atoms with Crippen LogP contribution in [0.25, 0.3) is 0 Å². The third-order valence-electron chi connectivity index (χ3n) is 1.63. The van der Waals surface area contributed by atoms with Crippen LogP contribution in [0.4, 0.5) is 0 Å². The molecule has 0 fully saturated rings. The van der Waals surface area contributed by atoms with E-state index in [1.807, 2.05) is 42.5 Å². The summed E-state index contributed by atoms with van der Waals surface area (Å²) in [6.07, 6.45) is 0. The van der Waals surface area contributed by atoms with Crippen molar-refractivity contribution < 1.29 is 8.42 Å². The van der Waals surface area contributed by atoms with E-state index in [-0.39, 0.29) is 4.90 Å². The van der Waals surface area contributed by atoms with E-state index >= 15 is 0 Å². The largest absolute Gasteiger partial charge is 0.262 e. The molecule has 1 aromatic rings. The second-order valence-corrected chi connectivity index (χ2v) is 6.44. The summed E-state index contributed by atoms with van der Waals surface area (Å²) in [5.74, 6) is 0. The molecule has 0 saturated carbocycles. The smallest absolute Gasteiger partial charge is 0.207 e. The fraction of sp³-hybridized carbons (Fsp3) is 0.250. The van der Waals surface area contributed by atoms with Crippen molar-refractivity contribution in [3.8, 4) is 0 Å². The molecule has 0 atom stereocenters. The molecule has 0 unspecified atom stereocenters. The Hall–Kier alpha value is 0.190. The molecule has 0 spiro atoms. The summed E-state index contributed by atoms with van der Waals surface area (Å²) >= 11 is 1.98. The van der Waals surface area contributed by atoms with Crippen LogP contribution in [-0.4, -0.2) is 8.42 Å². The lowest BCUT2D eigenvalue weighted by molar-refractivity contribution is 0.609. The van der Waals surface area contributed by atoms with E-state index in [1.54, 1.807) is 6.07 Å². The van der Waals surface area contributed by atoms with Gasteiger partial charge in [-0.2, -0.15) is 0 Å². The number of halogens is 2. The maximum absolute atomic E-state index is 11.1. The van der Waals surface area contributed by atoms with Gasteiger partial charge < -0.3 is 0 Å². The van der Waals surface area contributed by atoms with Crippen molar-refractivity contribution >= 4 is 42.3 Å². The van der Waals surface area contributed by atoms with Crippen molar-refractivity contribution in [1.29, 1.82) is 0 Å². The second kappa shape index (κ2) is 3.74. The standard InChI is InChI=1S/C8H8ClIO2S/c1-5-3-6(2)8(10)7(4-5)13(9,11)12/h3-4H,1-2H3. The minimum absolute atomic E-state index is 0.201. The molecule has 2 nitrogen and oxygen atoms in total. The van der Waals surface area contributed by atoms with Gasteiger partial charge in [0.1, 0.15) is 0 Å². The van der Waals surface area contributed by atoms with Gasteiger partial charge in [0.15, 0.2) is 0 Å². The molecule has 0 aliphatic carbocycles. The summed E-state index contributed by atoms with van der Waals surface area (Å²) < 4.78 is 22.9.